The molecule has 0 aliphatic carbocycles. The zero-order valence-electron chi connectivity index (χ0n) is 10.8. The predicted molar refractivity (Wildman–Crippen MR) is 74.4 cm³/mol. The summed E-state index contributed by atoms with van der Waals surface area (Å²) in [5.41, 5.74) is 7.35. The van der Waals surface area contributed by atoms with E-state index in [4.69, 9.17) is 15.2 Å². The number of hydrogen-bond donors (Lipinski definition) is 1. The van der Waals surface area contributed by atoms with Gasteiger partial charge in [0, 0.05) is 23.3 Å². The van der Waals surface area contributed by atoms with Gasteiger partial charge in [-0.25, -0.2) is 0 Å². The molecule has 2 aliphatic rings. The number of nitrogens with two attached hydrogens (primary N) is 1. The molecular formula is C14H19NO2S. The second-order valence-electron chi connectivity index (χ2n) is 5.14. The van der Waals surface area contributed by atoms with E-state index >= 15 is 0 Å². The molecule has 3 rings (SSSR count). The number of thioether (sulfide) groups is 1. The standard InChI is InChI=1S/C14H19NO2S/c1-9-14(5-6-18-9)8-12(15)11-7-10(16-2)3-4-13(11)17-14/h3-4,7,9,12H,5-6,8,15H2,1-2H3/t9?,12-,14?/m1/s1. The summed E-state index contributed by atoms with van der Waals surface area (Å²) in [4.78, 5) is 0. The van der Waals surface area contributed by atoms with Crippen molar-refractivity contribution in [2.75, 3.05) is 12.9 Å². The third kappa shape index (κ3) is 1.79. The molecule has 0 bridgehead atoms. The minimum Gasteiger partial charge on any atom is -0.497 e. The normalized spacial score (nSPS) is 34.2. The van der Waals surface area contributed by atoms with Gasteiger partial charge in [0.2, 0.25) is 0 Å². The van der Waals surface area contributed by atoms with Crippen LogP contribution in [-0.2, 0) is 0 Å². The highest BCUT2D eigenvalue weighted by Gasteiger charge is 2.47. The Morgan fingerprint density at radius 3 is 3.00 bits per heavy atom. The molecule has 0 radical (unpaired) electrons. The summed E-state index contributed by atoms with van der Waals surface area (Å²) in [7, 11) is 1.67. The molecule has 18 heavy (non-hydrogen) atoms. The van der Waals surface area contributed by atoms with Crippen LogP contribution in [0.15, 0.2) is 18.2 Å². The van der Waals surface area contributed by atoms with Crippen LogP contribution in [0.2, 0.25) is 0 Å². The summed E-state index contributed by atoms with van der Waals surface area (Å²) in [6.45, 7) is 2.25. The highest BCUT2D eigenvalue weighted by molar-refractivity contribution is 8.00. The summed E-state index contributed by atoms with van der Waals surface area (Å²) in [6.07, 6.45) is 2.00. The van der Waals surface area contributed by atoms with E-state index in [1.54, 1.807) is 7.11 Å². The third-order valence-electron chi connectivity index (χ3n) is 4.13. The topological polar surface area (TPSA) is 44.5 Å². The molecule has 3 atom stereocenters. The molecule has 1 aromatic carbocycles. The summed E-state index contributed by atoms with van der Waals surface area (Å²) >= 11 is 1.98. The van der Waals surface area contributed by atoms with E-state index in [0.29, 0.717) is 5.25 Å². The van der Waals surface area contributed by atoms with Crippen LogP contribution in [-0.4, -0.2) is 23.7 Å². The first-order chi connectivity index (χ1) is 8.64. The van der Waals surface area contributed by atoms with Crippen molar-refractivity contribution >= 4 is 11.8 Å². The average molecular weight is 265 g/mol. The van der Waals surface area contributed by atoms with E-state index in [9.17, 15) is 0 Å². The first-order valence-electron chi connectivity index (χ1n) is 6.39. The van der Waals surface area contributed by atoms with Gasteiger partial charge in [0.25, 0.3) is 0 Å². The fourth-order valence-electron chi connectivity index (χ4n) is 2.94. The highest BCUT2D eigenvalue weighted by atomic mass is 32.2. The lowest BCUT2D eigenvalue weighted by Crippen LogP contribution is -2.47. The number of fused-ring (bicyclic) bond motifs is 1. The monoisotopic (exact) mass is 265 g/mol. The Bertz CT molecular complexity index is 465. The van der Waals surface area contributed by atoms with E-state index in [0.717, 1.165) is 29.9 Å². The largest absolute Gasteiger partial charge is 0.497 e. The molecule has 0 amide bonds. The van der Waals surface area contributed by atoms with Gasteiger partial charge in [0.05, 0.1) is 7.11 Å². The number of methoxy groups -OCH3 is 1. The predicted octanol–water partition coefficient (Wildman–Crippen LogP) is 2.74. The van der Waals surface area contributed by atoms with Gasteiger partial charge in [-0.1, -0.05) is 0 Å². The van der Waals surface area contributed by atoms with Gasteiger partial charge in [0.15, 0.2) is 0 Å². The maximum atomic E-state index is 6.34. The van der Waals surface area contributed by atoms with E-state index in [1.165, 1.54) is 5.75 Å². The Hall–Kier alpha value is -0.870. The summed E-state index contributed by atoms with van der Waals surface area (Å²) in [5.74, 6) is 2.95. The maximum absolute atomic E-state index is 6.34. The van der Waals surface area contributed by atoms with Gasteiger partial charge >= 0.3 is 0 Å². The van der Waals surface area contributed by atoms with Crippen molar-refractivity contribution in [3.05, 3.63) is 23.8 Å². The summed E-state index contributed by atoms with van der Waals surface area (Å²) in [6, 6.07) is 5.98. The number of hydrogen-bond acceptors (Lipinski definition) is 4. The first kappa shape index (κ1) is 12.2. The Kier molecular flexibility index (Phi) is 2.94. The van der Waals surface area contributed by atoms with Gasteiger partial charge in [-0.15, -0.1) is 0 Å². The van der Waals surface area contributed by atoms with Crippen LogP contribution >= 0.6 is 11.8 Å². The molecule has 2 unspecified atom stereocenters. The van der Waals surface area contributed by atoms with Crippen molar-refractivity contribution in [1.29, 1.82) is 0 Å². The van der Waals surface area contributed by atoms with E-state index < -0.39 is 0 Å². The van der Waals surface area contributed by atoms with Crippen molar-refractivity contribution in [2.24, 2.45) is 5.73 Å². The average Bonchev–Trinajstić information content (AvgIpc) is 2.70. The summed E-state index contributed by atoms with van der Waals surface area (Å²) < 4.78 is 11.6. The van der Waals surface area contributed by atoms with Crippen molar-refractivity contribution in [3.8, 4) is 11.5 Å². The van der Waals surface area contributed by atoms with Crippen LogP contribution in [0, 0.1) is 0 Å². The Labute approximate surface area is 112 Å². The molecule has 4 heteroatoms. The lowest BCUT2D eigenvalue weighted by Gasteiger charge is -2.41. The summed E-state index contributed by atoms with van der Waals surface area (Å²) in [5, 5.41) is 0.513. The second kappa shape index (κ2) is 4.35. The van der Waals surface area contributed by atoms with Gasteiger partial charge in [-0.05, 0) is 37.3 Å². The van der Waals surface area contributed by atoms with Crippen molar-refractivity contribution in [2.45, 2.75) is 36.7 Å². The number of rotatable bonds is 1. The van der Waals surface area contributed by atoms with Crippen LogP contribution in [0.4, 0.5) is 0 Å². The molecule has 0 aromatic heterocycles. The zero-order chi connectivity index (χ0) is 12.8. The molecule has 98 valence electrons. The van der Waals surface area contributed by atoms with E-state index in [-0.39, 0.29) is 11.6 Å². The minimum atomic E-state index is -0.0638. The Balaban J connectivity index is 1.98. The lowest BCUT2D eigenvalue weighted by molar-refractivity contribution is 0.0409. The van der Waals surface area contributed by atoms with Crippen LogP contribution < -0.4 is 15.2 Å². The minimum absolute atomic E-state index is 0.0463. The molecule has 3 nitrogen and oxygen atoms in total. The smallest absolute Gasteiger partial charge is 0.125 e. The highest BCUT2D eigenvalue weighted by Crippen LogP contribution is 2.49. The first-order valence-corrected chi connectivity index (χ1v) is 7.44. The number of ether oxygens (including phenoxy) is 2. The molecule has 2 heterocycles. The van der Waals surface area contributed by atoms with Crippen LogP contribution in [0.3, 0.4) is 0 Å². The quantitative estimate of drug-likeness (QED) is 0.848. The molecule has 1 fully saturated rings. The SMILES string of the molecule is COc1ccc2c(c1)[C@H](N)CC1(CCSC1C)O2. The van der Waals surface area contributed by atoms with Crippen molar-refractivity contribution in [3.63, 3.8) is 0 Å². The Morgan fingerprint density at radius 2 is 2.33 bits per heavy atom. The molecule has 1 saturated heterocycles. The molecular weight excluding hydrogens is 246 g/mol. The van der Waals surface area contributed by atoms with Crippen LogP contribution in [0.1, 0.15) is 31.4 Å². The molecule has 2 N–H and O–H groups in total. The van der Waals surface area contributed by atoms with Gasteiger partial charge in [-0.2, -0.15) is 11.8 Å². The fourth-order valence-corrected chi connectivity index (χ4v) is 4.33. The third-order valence-corrected chi connectivity index (χ3v) is 5.50. The van der Waals surface area contributed by atoms with Gasteiger partial charge < -0.3 is 15.2 Å². The molecule has 2 aliphatic heterocycles. The van der Waals surface area contributed by atoms with Crippen LogP contribution in [0.5, 0.6) is 11.5 Å². The second-order valence-corrected chi connectivity index (χ2v) is 6.59. The van der Waals surface area contributed by atoms with Crippen molar-refractivity contribution < 1.29 is 9.47 Å². The van der Waals surface area contributed by atoms with Gasteiger partial charge in [0.1, 0.15) is 17.1 Å². The number of benzene rings is 1. The van der Waals surface area contributed by atoms with Gasteiger partial charge in [-0.3, -0.25) is 0 Å². The molecule has 0 saturated carbocycles. The fraction of sp³-hybridized carbons (Fsp3) is 0.571. The van der Waals surface area contributed by atoms with Crippen molar-refractivity contribution in [1.82, 2.24) is 0 Å². The molecule has 1 aromatic rings. The maximum Gasteiger partial charge on any atom is 0.125 e. The lowest BCUT2D eigenvalue weighted by atomic mass is 9.84. The zero-order valence-corrected chi connectivity index (χ0v) is 11.6. The van der Waals surface area contributed by atoms with Crippen LogP contribution in [0.25, 0.3) is 0 Å². The Morgan fingerprint density at radius 1 is 1.50 bits per heavy atom. The van der Waals surface area contributed by atoms with E-state index in [2.05, 4.69) is 6.92 Å². The van der Waals surface area contributed by atoms with E-state index in [1.807, 2.05) is 30.0 Å². The molecule has 1 spiro atoms.